The number of hydrogen-bond acceptors (Lipinski definition) is 4. The van der Waals surface area contributed by atoms with Crippen LogP contribution in [0.2, 0.25) is 0 Å². The number of ether oxygens (including phenoxy) is 1. The van der Waals surface area contributed by atoms with Crippen LogP contribution >= 0.6 is 24.0 Å². The number of hydrogen-bond donors (Lipinski definition) is 2. The molecule has 2 heterocycles. The molecule has 154 valence electrons. The van der Waals surface area contributed by atoms with Crippen LogP contribution in [0, 0.1) is 5.92 Å². The molecule has 1 unspecified atom stereocenters. The van der Waals surface area contributed by atoms with Gasteiger partial charge in [-0.1, -0.05) is 19.9 Å². The molecule has 1 aromatic rings. The first-order valence-electron chi connectivity index (χ1n) is 9.88. The fourth-order valence-electron chi connectivity index (χ4n) is 3.34. The fraction of sp³-hybridized carbons (Fsp3) is 0.700. The Kier molecular flexibility index (Phi) is 11.7. The van der Waals surface area contributed by atoms with Gasteiger partial charge in [0, 0.05) is 45.5 Å². The number of pyridine rings is 1. The van der Waals surface area contributed by atoms with E-state index in [1.54, 1.807) is 0 Å². The van der Waals surface area contributed by atoms with Gasteiger partial charge in [0.2, 0.25) is 0 Å². The summed E-state index contributed by atoms with van der Waals surface area (Å²) in [6.07, 6.45) is 5.32. The second-order valence-corrected chi connectivity index (χ2v) is 7.12. The van der Waals surface area contributed by atoms with E-state index in [4.69, 9.17) is 4.74 Å². The monoisotopic (exact) mass is 489 g/mol. The van der Waals surface area contributed by atoms with Gasteiger partial charge in [0.1, 0.15) is 5.82 Å². The average molecular weight is 489 g/mol. The summed E-state index contributed by atoms with van der Waals surface area (Å²) in [6, 6.07) is 6.54. The van der Waals surface area contributed by atoms with Gasteiger partial charge in [0.05, 0.1) is 6.10 Å². The van der Waals surface area contributed by atoms with Crippen molar-refractivity contribution in [2.75, 3.05) is 38.2 Å². The van der Waals surface area contributed by atoms with Crippen LogP contribution in [0.5, 0.6) is 0 Å². The molecule has 0 saturated carbocycles. The number of halogens is 1. The molecule has 1 aliphatic rings. The maximum absolute atomic E-state index is 5.81. The summed E-state index contributed by atoms with van der Waals surface area (Å²) in [5.74, 6) is 2.49. The number of anilines is 1. The molecular weight excluding hydrogens is 453 g/mol. The van der Waals surface area contributed by atoms with E-state index in [2.05, 4.69) is 52.3 Å². The Labute approximate surface area is 181 Å². The van der Waals surface area contributed by atoms with Crippen LogP contribution in [-0.2, 0) is 4.74 Å². The van der Waals surface area contributed by atoms with E-state index >= 15 is 0 Å². The lowest BCUT2D eigenvalue weighted by molar-refractivity contribution is 0.0258. The number of nitrogens with one attached hydrogen (secondary N) is 2. The van der Waals surface area contributed by atoms with E-state index in [-0.39, 0.29) is 24.0 Å². The van der Waals surface area contributed by atoms with E-state index in [9.17, 15) is 0 Å². The number of nitrogens with zero attached hydrogens (tertiary/aromatic N) is 3. The van der Waals surface area contributed by atoms with Crippen LogP contribution in [0.25, 0.3) is 0 Å². The molecule has 0 aromatic carbocycles. The van der Waals surface area contributed by atoms with Gasteiger partial charge in [0.15, 0.2) is 5.96 Å². The molecule has 0 amide bonds. The van der Waals surface area contributed by atoms with Gasteiger partial charge in [-0.15, -0.1) is 24.0 Å². The summed E-state index contributed by atoms with van der Waals surface area (Å²) in [7, 11) is 1.83. The van der Waals surface area contributed by atoms with Crippen LogP contribution < -0.4 is 15.5 Å². The fourth-order valence-corrected chi connectivity index (χ4v) is 3.34. The van der Waals surface area contributed by atoms with Crippen molar-refractivity contribution in [1.29, 1.82) is 0 Å². The lowest BCUT2D eigenvalue weighted by Crippen LogP contribution is -2.49. The number of guanidine groups is 1. The minimum absolute atomic E-state index is 0. The topological polar surface area (TPSA) is 61.8 Å². The Morgan fingerprint density at radius 3 is 2.63 bits per heavy atom. The lowest BCUT2D eigenvalue weighted by Gasteiger charge is -2.33. The molecule has 0 spiro atoms. The minimum Gasteiger partial charge on any atom is -0.378 e. The zero-order chi connectivity index (χ0) is 18.8. The third-order valence-corrected chi connectivity index (χ3v) is 4.88. The van der Waals surface area contributed by atoms with Gasteiger partial charge in [-0.25, -0.2) is 4.98 Å². The molecule has 1 aromatic heterocycles. The number of piperidine rings is 1. The van der Waals surface area contributed by atoms with Crippen LogP contribution in [0.15, 0.2) is 29.4 Å². The Morgan fingerprint density at radius 2 is 2.07 bits per heavy atom. The summed E-state index contributed by atoms with van der Waals surface area (Å²) < 4.78 is 5.81. The maximum atomic E-state index is 5.81. The molecule has 0 radical (unpaired) electrons. The highest BCUT2D eigenvalue weighted by Gasteiger charge is 2.21. The Balaban J connectivity index is 0.00000364. The molecule has 2 N–H and O–H groups in total. The van der Waals surface area contributed by atoms with Gasteiger partial charge in [-0.2, -0.15) is 0 Å². The molecule has 0 aliphatic carbocycles. The Bertz CT molecular complexity index is 532. The third kappa shape index (κ3) is 8.21. The summed E-state index contributed by atoms with van der Waals surface area (Å²) in [4.78, 5) is 11.2. The highest BCUT2D eigenvalue weighted by atomic mass is 127. The van der Waals surface area contributed by atoms with Crippen molar-refractivity contribution in [1.82, 2.24) is 15.6 Å². The van der Waals surface area contributed by atoms with Gasteiger partial charge < -0.3 is 20.3 Å². The zero-order valence-electron chi connectivity index (χ0n) is 17.1. The first-order chi connectivity index (χ1) is 12.6. The molecule has 1 saturated heterocycles. The molecule has 27 heavy (non-hydrogen) atoms. The summed E-state index contributed by atoms with van der Waals surface area (Å²) in [5, 5.41) is 7.00. The predicted octanol–water partition coefficient (Wildman–Crippen LogP) is 3.28. The molecule has 1 fully saturated rings. The van der Waals surface area contributed by atoms with Gasteiger partial charge in [-0.3, -0.25) is 4.99 Å². The molecule has 6 nitrogen and oxygen atoms in total. The van der Waals surface area contributed by atoms with Crippen molar-refractivity contribution < 1.29 is 4.74 Å². The largest absolute Gasteiger partial charge is 0.378 e. The Morgan fingerprint density at radius 1 is 1.33 bits per heavy atom. The molecule has 1 aliphatic heterocycles. The average Bonchev–Trinajstić information content (AvgIpc) is 2.67. The highest BCUT2D eigenvalue weighted by molar-refractivity contribution is 14.0. The first kappa shape index (κ1) is 23.9. The van der Waals surface area contributed by atoms with E-state index in [1.807, 2.05) is 25.4 Å². The molecule has 7 heteroatoms. The van der Waals surface area contributed by atoms with Crippen molar-refractivity contribution >= 4 is 35.8 Å². The SMILES string of the molecule is CCOC(CCNC(=NC)NC1CCN(c2ccccn2)CC1)C(C)C.I. The van der Waals surface area contributed by atoms with Crippen molar-refractivity contribution in [2.24, 2.45) is 10.9 Å². The van der Waals surface area contributed by atoms with E-state index in [0.717, 1.165) is 57.3 Å². The predicted molar refractivity (Wildman–Crippen MR) is 124 cm³/mol. The van der Waals surface area contributed by atoms with Crippen LogP contribution in [0.1, 0.15) is 40.0 Å². The van der Waals surface area contributed by atoms with Gasteiger partial charge >= 0.3 is 0 Å². The van der Waals surface area contributed by atoms with Crippen LogP contribution in [-0.4, -0.2) is 56.4 Å². The van der Waals surface area contributed by atoms with Crippen LogP contribution in [0.4, 0.5) is 5.82 Å². The molecule has 2 rings (SSSR count). The zero-order valence-corrected chi connectivity index (χ0v) is 19.5. The van der Waals surface area contributed by atoms with Gasteiger partial charge in [0.25, 0.3) is 0 Å². The van der Waals surface area contributed by atoms with Gasteiger partial charge in [-0.05, 0) is 44.2 Å². The Hall–Kier alpha value is -1.09. The normalized spacial score (nSPS) is 16.8. The number of rotatable bonds is 8. The van der Waals surface area contributed by atoms with E-state index in [1.165, 1.54) is 0 Å². The van der Waals surface area contributed by atoms with Crippen molar-refractivity contribution in [2.45, 2.75) is 52.2 Å². The number of aromatic nitrogens is 1. The first-order valence-corrected chi connectivity index (χ1v) is 9.88. The number of aliphatic imine (C=N–C) groups is 1. The lowest BCUT2D eigenvalue weighted by atomic mass is 10.0. The van der Waals surface area contributed by atoms with E-state index in [0.29, 0.717) is 18.1 Å². The second-order valence-electron chi connectivity index (χ2n) is 7.12. The van der Waals surface area contributed by atoms with Crippen molar-refractivity contribution in [3.05, 3.63) is 24.4 Å². The molecular formula is C20H36IN5O. The standard InChI is InChI=1S/C20H35N5O.HI/c1-5-26-18(16(2)3)9-13-23-20(21-4)24-17-10-14-25(15-11-17)19-8-6-7-12-22-19;/h6-8,12,16-18H,5,9-11,13-15H2,1-4H3,(H2,21,23,24);1H. The quantitative estimate of drug-likeness (QED) is 0.334. The van der Waals surface area contributed by atoms with Crippen LogP contribution in [0.3, 0.4) is 0 Å². The summed E-state index contributed by atoms with van der Waals surface area (Å²) >= 11 is 0. The smallest absolute Gasteiger partial charge is 0.191 e. The summed E-state index contributed by atoms with van der Waals surface area (Å²) in [5.41, 5.74) is 0. The van der Waals surface area contributed by atoms with Crippen molar-refractivity contribution in [3.8, 4) is 0 Å². The van der Waals surface area contributed by atoms with Crippen molar-refractivity contribution in [3.63, 3.8) is 0 Å². The second kappa shape index (κ2) is 13.1. The maximum Gasteiger partial charge on any atom is 0.191 e. The minimum atomic E-state index is 0. The highest BCUT2D eigenvalue weighted by Crippen LogP contribution is 2.17. The summed E-state index contributed by atoms with van der Waals surface area (Å²) in [6.45, 7) is 10.2. The third-order valence-electron chi connectivity index (χ3n) is 4.88. The molecule has 0 bridgehead atoms. The molecule has 1 atom stereocenters. The van der Waals surface area contributed by atoms with E-state index < -0.39 is 0 Å².